The quantitative estimate of drug-likeness (QED) is 0.567. The number of benzene rings is 1. The fourth-order valence-corrected chi connectivity index (χ4v) is 2.07. The molecule has 0 aliphatic heterocycles. The molecule has 0 radical (unpaired) electrons. The SMILES string of the molecule is CC[C@@H](C)[C@H](NC(N)=O)C(=O)OCCOc1cc(C)ccc1C. The first kappa shape index (κ1) is 18.8. The van der Waals surface area contributed by atoms with Gasteiger partial charge in [-0.25, -0.2) is 9.59 Å². The lowest BCUT2D eigenvalue weighted by atomic mass is 9.99. The van der Waals surface area contributed by atoms with Crippen LogP contribution in [0.3, 0.4) is 0 Å². The second-order valence-electron chi connectivity index (χ2n) is 5.66. The highest BCUT2D eigenvalue weighted by Gasteiger charge is 2.26. The molecule has 2 atom stereocenters. The predicted octanol–water partition coefficient (Wildman–Crippen LogP) is 2.31. The minimum atomic E-state index is -0.738. The number of rotatable bonds is 8. The molecule has 128 valence electrons. The van der Waals surface area contributed by atoms with Gasteiger partial charge in [-0.1, -0.05) is 32.4 Å². The molecule has 2 amide bonds. The van der Waals surface area contributed by atoms with Crippen molar-refractivity contribution in [3.05, 3.63) is 29.3 Å². The van der Waals surface area contributed by atoms with Crippen LogP contribution in [0.5, 0.6) is 5.75 Å². The lowest BCUT2D eigenvalue weighted by Gasteiger charge is -2.21. The van der Waals surface area contributed by atoms with Crippen LogP contribution in [-0.2, 0) is 9.53 Å². The number of amides is 2. The van der Waals surface area contributed by atoms with Gasteiger partial charge in [0.2, 0.25) is 0 Å². The summed E-state index contributed by atoms with van der Waals surface area (Å²) in [6.07, 6.45) is 0.721. The second-order valence-corrected chi connectivity index (χ2v) is 5.66. The standard InChI is InChI=1S/C17H26N2O4/c1-5-12(3)15(19-17(18)21)16(20)23-9-8-22-14-10-11(2)6-7-13(14)4/h6-7,10,12,15H,5,8-9H2,1-4H3,(H3,18,19,21)/t12-,15+/m1/s1. The third kappa shape index (κ3) is 6.18. The maximum atomic E-state index is 12.1. The van der Waals surface area contributed by atoms with E-state index in [1.54, 1.807) is 0 Å². The van der Waals surface area contributed by atoms with Gasteiger partial charge in [0, 0.05) is 0 Å². The van der Waals surface area contributed by atoms with Crippen LogP contribution >= 0.6 is 0 Å². The number of nitrogens with two attached hydrogens (primary N) is 1. The lowest BCUT2D eigenvalue weighted by molar-refractivity contribution is -0.148. The molecule has 6 nitrogen and oxygen atoms in total. The van der Waals surface area contributed by atoms with E-state index in [9.17, 15) is 9.59 Å². The van der Waals surface area contributed by atoms with E-state index in [1.807, 2.05) is 45.9 Å². The number of aryl methyl sites for hydroxylation is 2. The van der Waals surface area contributed by atoms with Crippen molar-refractivity contribution >= 4 is 12.0 Å². The summed E-state index contributed by atoms with van der Waals surface area (Å²) in [4.78, 5) is 23.1. The normalized spacial score (nSPS) is 13.0. The molecule has 1 rings (SSSR count). The Morgan fingerprint density at radius 1 is 1.26 bits per heavy atom. The summed E-state index contributed by atoms with van der Waals surface area (Å²) in [5.41, 5.74) is 7.23. The lowest BCUT2D eigenvalue weighted by Crippen LogP contribution is -2.48. The van der Waals surface area contributed by atoms with Crippen molar-refractivity contribution in [1.29, 1.82) is 0 Å². The summed E-state index contributed by atoms with van der Waals surface area (Å²) < 4.78 is 10.8. The van der Waals surface area contributed by atoms with Gasteiger partial charge in [-0.3, -0.25) is 0 Å². The van der Waals surface area contributed by atoms with E-state index < -0.39 is 18.0 Å². The molecular formula is C17H26N2O4. The minimum absolute atomic E-state index is 0.0602. The van der Waals surface area contributed by atoms with Gasteiger partial charge < -0.3 is 20.5 Å². The van der Waals surface area contributed by atoms with Crippen molar-refractivity contribution in [2.45, 2.75) is 40.2 Å². The van der Waals surface area contributed by atoms with E-state index in [0.29, 0.717) is 0 Å². The molecule has 0 fully saturated rings. The highest BCUT2D eigenvalue weighted by Crippen LogP contribution is 2.18. The summed E-state index contributed by atoms with van der Waals surface area (Å²) in [7, 11) is 0. The Morgan fingerprint density at radius 3 is 2.57 bits per heavy atom. The molecule has 0 spiro atoms. The molecule has 0 saturated heterocycles. The van der Waals surface area contributed by atoms with Gasteiger partial charge in [0.15, 0.2) is 0 Å². The van der Waals surface area contributed by atoms with Gasteiger partial charge in [-0.15, -0.1) is 0 Å². The van der Waals surface area contributed by atoms with Crippen LogP contribution in [0.15, 0.2) is 18.2 Å². The van der Waals surface area contributed by atoms with Crippen LogP contribution in [0.2, 0.25) is 0 Å². The number of hydrogen-bond acceptors (Lipinski definition) is 4. The number of urea groups is 1. The van der Waals surface area contributed by atoms with Crippen LogP contribution in [0, 0.1) is 19.8 Å². The molecule has 0 aliphatic rings. The molecule has 6 heteroatoms. The number of carbonyl (C=O) groups is 2. The number of nitrogens with one attached hydrogen (secondary N) is 1. The number of esters is 1. The second kappa shape index (κ2) is 9.02. The Bertz CT molecular complexity index is 545. The molecule has 23 heavy (non-hydrogen) atoms. The zero-order valence-corrected chi connectivity index (χ0v) is 14.2. The van der Waals surface area contributed by atoms with Crippen LogP contribution < -0.4 is 15.8 Å². The molecular weight excluding hydrogens is 296 g/mol. The minimum Gasteiger partial charge on any atom is -0.490 e. The molecule has 3 N–H and O–H groups in total. The molecule has 1 aromatic rings. The average Bonchev–Trinajstić information content (AvgIpc) is 2.51. The van der Waals surface area contributed by atoms with Gasteiger partial charge in [0.1, 0.15) is 25.0 Å². The first-order valence-electron chi connectivity index (χ1n) is 7.77. The third-order valence-corrected chi connectivity index (χ3v) is 3.69. The van der Waals surface area contributed by atoms with Crippen molar-refractivity contribution in [3.8, 4) is 5.75 Å². The monoisotopic (exact) mass is 322 g/mol. The van der Waals surface area contributed by atoms with E-state index in [2.05, 4.69) is 5.32 Å². The summed E-state index contributed by atoms with van der Waals surface area (Å²) in [6.45, 7) is 8.08. The molecule has 0 aliphatic carbocycles. The maximum Gasteiger partial charge on any atom is 0.329 e. The number of primary amides is 1. The van der Waals surface area contributed by atoms with Gasteiger partial charge in [0.05, 0.1) is 0 Å². The highest BCUT2D eigenvalue weighted by molar-refractivity contribution is 5.83. The fraction of sp³-hybridized carbons (Fsp3) is 0.529. The Labute approximate surface area is 137 Å². The zero-order chi connectivity index (χ0) is 17.4. The largest absolute Gasteiger partial charge is 0.490 e. The van der Waals surface area contributed by atoms with Crippen LogP contribution in [0.1, 0.15) is 31.4 Å². The molecule has 0 heterocycles. The maximum absolute atomic E-state index is 12.1. The van der Waals surface area contributed by atoms with Crippen molar-refractivity contribution in [3.63, 3.8) is 0 Å². The zero-order valence-electron chi connectivity index (χ0n) is 14.2. The number of hydrogen-bond donors (Lipinski definition) is 2. The smallest absolute Gasteiger partial charge is 0.329 e. The van der Waals surface area contributed by atoms with E-state index >= 15 is 0 Å². The third-order valence-electron chi connectivity index (χ3n) is 3.69. The van der Waals surface area contributed by atoms with Crippen molar-refractivity contribution in [2.24, 2.45) is 11.7 Å². The number of carbonyl (C=O) groups excluding carboxylic acids is 2. The van der Waals surface area contributed by atoms with E-state index in [0.717, 1.165) is 23.3 Å². The van der Waals surface area contributed by atoms with Crippen molar-refractivity contribution < 1.29 is 19.1 Å². The topological polar surface area (TPSA) is 90.7 Å². The molecule has 1 aromatic carbocycles. The van der Waals surface area contributed by atoms with Crippen LogP contribution in [0.25, 0.3) is 0 Å². The Kier molecular flexibility index (Phi) is 7.38. The van der Waals surface area contributed by atoms with Crippen molar-refractivity contribution in [1.82, 2.24) is 5.32 Å². The first-order valence-corrected chi connectivity index (χ1v) is 7.77. The summed E-state index contributed by atoms with van der Waals surface area (Å²) >= 11 is 0. The molecule has 0 aromatic heterocycles. The summed E-state index contributed by atoms with van der Waals surface area (Å²) in [5, 5.41) is 2.43. The highest BCUT2D eigenvalue weighted by atomic mass is 16.6. The van der Waals surface area contributed by atoms with Crippen LogP contribution in [0.4, 0.5) is 4.79 Å². The van der Waals surface area contributed by atoms with Gasteiger partial charge >= 0.3 is 12.0 Å². The summed E-state index contributed by atoms with van der Waals surface area (Å²) in [5.74, 6) is 0.215. The fourth-order valence-electron chi connectivity index (χ4n) is 2.07. The molecule has 0 bridgehead atoms. The van der Waals surface area contributed by atoms with E-state index in [1.165, 1.54) is 0 Å². The first-order chi connectivity index (χ1) is 10.8. The van der Waals surface area contributed by atoms with Gasteiger partial charge in [-0.05, 0) is 37.0 Å². The van der Waals surface area contributed by atoms with E-state index in [-0.39, 0.29) is 19.1 Å². The average molecular weight is 322 g/mol. The van der Waals surface area contributed by atoms with E-state index in [4.69, 9.17) is 15.2 Å². The molecule has 0 unspecified atom stereocenters. The van der Waals surface area contributed by atoms with Crippen LogP contribution in [-0.4, -0.2) is 31.3 Å². The van der Waals surface area contributed by atoms with Crippen molar-refractivity contribution in [2.75, 3.05) is 13.2 Å². The number of ether oxygens (including phenoxy) is 2. The predicted molar refractivity (Wildman–Crippen MR) is 88.3 cm³/mol. The Hall–Kier alpha value is -2.24. The Morgan fingerprint density at radius 2 is 1.96 bits per heavy atom. The van der Waals surface area contributed by atoms with Gasteiger partial charge in [-0.2, -0.15) is 0 Å². The molecule has 0 saturated carbocycles. The van der Waals surface area contributed by atoms with Gasteiger partial charge in [0.25, 0.3) is 0 Å². The Balaban J connectivity index is 2.48. The summed E-state index contributed by atoms with van der Waals surface area (Å²) in [6, 6.07) is 4.45.